The number of rotatable bonds is 4. The van der Waals surface area contributed by atoms with E-state index in [4.69, 9.17) is 7.85 Å². The lowest BCUT2D eigenvalue weighted by Gasteiger charge is -2.19. The van der Waals surface area contributed by atoms with Gasteiger partial charge in [0.1, 0.15) is 13.7 Å². The molecular weight excluding hydrogens is 191 g/mol. The van der Waals surface area contributed by atoms with Crippen LogP contribution in [0, 0.1) is 0 Å². The van der Waals surface area contributed by atoms with Crippen LogP contribution in [0.1, 0.15) is 13.8 Å². The fourth-order valence-corrected chi connectivity index (χ4v) is 2.02. The van der Waals surface area contributed by atoms with E-state index in [2.05, 4.69) is 23.7 Å². The molecule has 0 aromatic carbocycles. The van der Waals surface area contributed by atoms with Gasteiger partial charge in [-0.25, -0.2) is 4.98 Å². The molecule has 0 aliphatic carbocycles. The summed E-state index contributed by atoms with van der Waals surface area (Å²) in [6, 6.07) is 1.99. The molecule has 2 radical (unpaired) electrons. The van der Waals surface area contributed by atoms with Crippen LogP contribution in [-0.4, -0.2) is 32.2 Å². The molecule has 0 unspecified atom stereocenters. The topological polar surface area (TPSA) is 16.1 Å². The zero-order valence-corrected chi connectivity index (χ0v) is 9.77. The van der Waals surface area contributed by atoms with Gasteiger partial charge in [0.15, 0.2) is 0 Å². The largest absolute Gasteiger partial charge is 0.359 e. The molecule has 0 saturated carbocycles. The molecule has 0 saturated heterocycles. The first-order valence-electron chi connectivity index (χ1n) is 4.78. The van der Waals surface area contributed by atoms with Crippen LogP contribution in [0.2, 0.25) is 0 Å². The third kappa shape index (κ3) is 2.67. The van der Waals surface area contributed by atoms with E-state index >= 15 is 0 Å². The number of anilines is 1. The van der Waals surface area contributed by atoms with Gasteiger partial charge in [0.05, 0.1) is 0 Å². The minimum absolute atomic E-state index is 0.731. The Morgan fingerprint density at radius 1 is 1.50 bits per heavy atom. The van der Waals surface area contributed by atoms with Crippen molar-refractivity contribution >= 4 is 30.9 Å². The van der Waals surface area contributed by atoms with Gasteiger partial charge in [-0.3, -0.25) is 0 Å². The van der Waals surface area contributed by atoms with Gasteiger partial charge in [-0.05, 0) is 12.7 Å². The predicted octanol–water partition coefficient (Wildman–Crippen LogP) is 1.44. The summed E-state index contributed by atoms with van der Waals surface area (Å²) in [5.74, 6) is 2.06. The van der Waals surface area contributed by atoms with E-state index in [9.17, 15) is 0 Å². The van der Waals surface area contributed by atoms with Crippen molar-refractivity contribution in [2.75, 3.05) is 24.2 Å². The van der Waals surface area contributed by atoms with Crippen molar-refractivity contribution < 1.29 is 0 Å². The van der Waals surface area contributed by atoms with Gasteiger partial charge in [0.2, 0.25) is 0 Å². The standard InChI is InChI=1S/C10H15BN2S/c1-4-13(3)10-9(14-5-2)6-8(11)7-12-10/h6-7H,4-5H2,1-3H3. The molecule has 0 N–H and O–H groups in total. The zero-order chi connectivity index (χ0) is 10.6. The number of hydrogen-bond acceptors (Lipinski definition) is 3. The third-order valence-electron chi connectivity index (χ3n) is 1.99. The first kappa shape index (κ1) is 11.4. The van der Waals surface area contributed by atoms with Crippen molar-refractivity contribution in [1.82, 2.24) is 4.98 Å². The molecule has 0 aliphatic heterocycles. The maximum Gasteiger partial charge on any atom is 0.141 e. The van der Waals surface area contributed by atoms with Crippen LogP contribution in [0.25, 0.3) is 0 Å². The van der Waals surface area contributed by atoms with Crippen LogP contribution < -0.4 is 10.4 Å². The average Bonchev–Trinajstić information content (AvgIpc) is 2.17. The fraction of sp³-hybridized carbons (Fsp3) is 0.500. The summed E-state index contributed by atoms with van der Waals surface area (Å²) >= 11 is 1.78. The molecule has 1 rings (SSSR count). The number of thioether (sulfide) groups is 1. The molecule has 4 heteroatoms. The monoisotopic (exact) mass is 206 g/mol. The SMILES string of the molecule is [B]c1cnc(N(C)CC)c(SCC)c1. The maximum atomic E-state index is 5.71. The van der Waals surface area contributed by atoms with Gasteiger partial charge in [-0.2, -0.15) is 0 Å². The van der Waals surface area contributed by atoms with Crippen molar-refractivity contribution in [2.45, 2.75) is 18.7 Å². The average molecular weight is 206 g/mol. The van der Waals surface area contributed by atoms with Crippen LogP contribution in [0.3, 0.4) is 0 Å². The van der Waals surface area contributed by atoms with Crippen molar-refractivity contribution in [1.29, 1.82) is 0 Å². The second kappa shape index (κ2) is 5.30. The van der Waals surface area contributed by atoms with Gasteiger partial charge < -0.3 is 4.90 Å². The van der Waals surface area contributed by atoms with E-state index in [-0.39, 0.29) is 0 Å². The van der Waals surface area contributed by atoms with Crippen LogP contribution in [0.15, 0.2) is 17.2 Å². The Labute approximate surface area is 91.5 Å². The molecule has 2 nitrogen and oxygen atoms in total. The molecule has 1 aromatic heterocycles. The highest BCUT2D eigenvalue weighted by molar-refractivity contribution is 7.99. The lowest BCUT2D eigenvalue weighted by atomic mass is 9.99. The lowest BCUT2D eigenvalue weighted by molar-refractivity contribution is 0.920. The van der Waals surface area contributed by atoms with Crippen molar-refractivity contribution in [3.63, 3.8) is 0 Å². The molecule has 0 atom stereocenters. The van der Waals surface area contributed by atoms with Crippen LogP contribution in [0.5, 0.6) is 0 Å². The van der Waals surface area contributed by atoms with Crippen LogP contribution in [0.4, 0.5) is 5.82 Å². The lowest BCUT2D eigenvalue weighted by Crippen LogP contribution is -2.19. The Kier molecular flexibility index (Phi) is 4.33. The minimum Gasteiger partial charge on any atom is -0.359 e. The van der Waals surface area contributed by atoms with Gasteiger partial charge in [0.25, 0.3) is 0 Å². The second-order valence-corrected chi connectivity index (χ2v) is 4.34. The first-order chi connectivity index (χ1) is 6.69. The highest BCUT2D eigenvalue weighted by atomic mass is 32.2. The molecule has 0 aliphatic rings. The highest BCUT2D eigenvalue weighted by Gasteiger charge is 2.07. The summed E-state index contributed by atoms with van der Waals surface area (Å²) in [6.45, 7) is 5.19. The number of nitrogens with zero attached hydrogens (tertiary/aromatic N) is 2. The molecule has 1 aromatic rings. The molecule has 1 heterocycles. The summed E-state index contributed by atoms with van der Waals surface area (Å²) in [5.41, 5.74) is 0.731. The Bertz CT molecular complexity index is 304. The van der Waals surface area contributed by atoms with Crippen LogP contribution in [-0.2, 0) is 0 Å². The third-order valence-corrected chi connectivity index (χ3v) is 2.89. The smallest absolute Gasteiger partial charge is 0.141 e. The van der Waals surface area contributed by atoms with E-state index in [0.29, 0.717) is 0 Å². The quantitative estimate of drug-likeness (QED) is 0.547. The van der Waals surface area contributed by atoms with E-state index in [0.717, 1.165) is 28.5 Å². The summed E-state index contributed by atoms with van der Waals surface area (Å²) in [7, 11) is 7.74. The Morgan fingerprint density at radius 2 is 2.21 bits per heavy atom. The van der Waals surface area contributed by atoms with Crippen molar-refractivity contribution in [3.05, 3.63) is 12.3 Å². The zero-order valence-electron chi connectivity index (χ0n) is 8.95. The normalized spacial score (nSPS) is 10.2. The van der Waals surface area contributed by atoms with Gasteiger partial charge in [0, 0.05) is 24.7 Å². The number of pyridine rings is 1. The van der Waals surface area contributed by atoms with E-state index < -0.39 is 0 Å². The summed E-state index contributed by atoms with van der Waals surface area (Å²) in [4.78, 5) is 7.63. The maximum absolute atomic E-state index is 5.71. The molecule has 0 bridgehead atoms. The first-order valence-corrected chi connectivity index (χ1v) is 5.77. The van der Waals surface area contributed by atoms with E-state index in [1.54, 1.807) is 18.0 Å². The predicted molar refractivity (Wildman–Crippen MR) is 65.0 cm³/mol. The van der Waals surface area contributed by atoms with Gasteiger partial charge in [-0.15, -0.1) is 11.8 Å². The van der Waals surface area contributed by atoms with Crippen molar-refractivity contribution in [3.8, 4) is 0 Å². The van der Waals surface area contributed by atoms with Crippen LogP contribution >= 0.6 is 11.8 Å². The Hall–Kier alpha value is -0.635. The Morgan fingerprint density at radius 3 is 2.79 bits per heavy atom. The molecule has 0 amide bonds. The van der Waals surface area contributed by atoms with Crippen molar-refractivity contribution in [2.24, 2.45) is 0 Å². The summed E-state index contributed by atoms with van der Waals surface area (Å²) in [5, 5.41) is 0. The molecule has 74 valence electrons. The summed E-state index contributed by atoms with van der Waals surface area (Å²) in [6.07, 6.45) is 1.71. The minimum atomic E-state index is 0.731. The molecule has 0 fully saturated rings. The van der Waals surface area contributed by atoms with E-state index in [1.165, 1.54) is 0 Å². The highest BCUT2D eigenvalue weighted by Crippen LogP contribution is 2.25. The molecule has 14 heavy (non-hydrogen) atoms. The molecular formula is C10H15BN2S. The molecule has 0 spiro atoms. The summed E-state index contributed by atoms with van der Waals surface area (Å²) < 4.78 is 0. The fourth-order valence-electron chi connectivity index (χ4n) is 1.15. The van der Waals surface area contributed by atoms with Gasteiger partial charge in [-0.1, -0.05) is 18.5 Å². The van der Waals surface area contributed by atoms with E-state index in [1.807, 2.05) is 13.1 Å². The number of hydrogen-bond donors (Lipinski definition) is 0. The van der Waals surface area contributed by atoms with Gasteiger partial charge >= 0.3 is 0 Å². The number of aromatic nitrogens is 1. The Balaban J connectivity index is 3.01. The second-order valence-electron chi connectivity index (χ2n) is 3.04.